The molecule has 3 nitrogen and oxygen atoms in total. The van der Waals surface area contributed by atoms with Gasteiger partial charge < -0.3 is 4.90 Å². The van der Waals surface area contributed by atoms with E-state index in [0.717, 1.165) is 18.7 Å². The van der Waals surface area contributed by atoms with E-state index in [0.29, 0.717) is 19.0 Å². The summed E-state index contributed by atoms with van der Waals surface area (Å²) in [6.07, 6.45) is 3.99. The Hall–Kier alpha value is -1.63. The van der Waals surface area contributed by atoms with Crippen LogP contribution < -0.4 is 4.90 Å². The quantitative estimate of drug-likeness (QED) is 0.755. The van der Waals surface area contributed by atoms with E-state index in [1.807, 2.05) is 0 Å². The number of rotatable bonds is 4. The summed E-state index contributed by atoms with van der Waals surface area (Å²) in [6.45, 7) is 0.680. The van der Waals surface area contributed by atoms with Crippen LogP contribution in [0.2, 0.25) is 0 Å². The van der Waals surface area contributed by atoms with Gasteiger partial charge in [-0.3, -0.25) is 0 Å². The first kappa shape index (κ1) is 9.91. The van der Waals surface area contributed by atoms with Crippen molar-refractivity contribution in [1.82, 2.24) is 4.98 Å². The molecule has 0 aromatic carbocycles. The first-order valence-corrected chi connectivity index (χ1v) is 5.06. The second-order valence-electron chi connectivity index (χ2n) is 3.67. The Morgan fingerprint density at radius 2 is 2.33 bits per heavy atom. The van der Waals surface area contributed by atoms with Crippen molar-refractivity contribution >= 4 is 5.82 Å². The van der Waals surface area contributed by atoms with Crippen LogP contribution in [0, 0.1) is 17.1 Å². The Balaban J connectivity index is 2.10. The standard InChI is InChI=1S/C11H12FN3/c12-9-2-5-11(14-8-9)15(7-1-6-13)10-3-4-10/h2,5,8,10H,1,3-4,7H2. The summed E-state index contributed by atoms with van der Waals surface area (Å²) in [5.41, 5.74) is 0. The number of aromatic nitrogens is 1. The molecule has 0 unspecified atom stereocenters. The van der Waals surface area contributed by atoms with Crippen molar-refractivity contribution in [2.45, 2.75) is 25.3 Å². The van der Waals surface area contributed by atoms with Crippen LogP contribution in [-0.2, 0) is 0 Å². The molecule has 0 N–H and O–H groups in total. The Labute approximate surface area is 88.2 Å². The van der Waals surface area contributed by atoms with Gasteiger partial charge in [0.05, 0.1) is 18.7 Å². The van der Waals surface area contributed by atoms with Crippen molar-refractivity contribution in [2.24, 2.45) is 0 Å². The van der Waals surface area contributed by atoms with E-state index in [-0.39, 0.29) is 5.82 Å². The third-order valence-electron chi connectivity index (χ3n) is 2.46. The van der Waals surface area contributed by atoms with Crippen LogP contribution >= 0.6 is 0 Å². The third kappa shape index (κ3) is 2.44. The first-order chi connectivity index (χ1) is 7.31. The number of nitrogens with zero attached hydrogens (tertiary/aromatic N) is 3. The molecule has 0 spiro atoms. The monoisotopic (exact) mass is 205 g/mol. The second kappa shape index (κ2) is 4.26. The highest BCUT2D eigenvalue weighted by molar-refractivity contribution is 5.41. The molecule has 1 aromatic heterocycles. The molecular weight excluding hydrogens is 193 g/mol. The molecule has 1 saturated carbocycles. The van der Waals surface area contributed by atoms with E-state index in [9.17, 15) is 4.39 Å². The summed E-state index contributed by atoms with van der Waals surface area (Å²) in [5.74, 6) is 0.448. The largest absolute Gasteiger partial charge is 0.353 e. The van der Waals surface area contributed by atoms with E-state index in [1.54, 1.807) is 6.07 Å². The fourth-order valence-electron chi connectivity index (χ4n) is 1.58. The normalized spacial score (nSPS) is 14.7. The number of hydrogen-bond acceptors (Lipinski definition) is 3. The van der Waals surface area contributed by atoms with Gasteiger partial charge in [-0.05, 0) is 25.0 Å². The molecule has 2 rings (SSSR count). The van der Waals surface area contributed by atoms with Gasteiger partial charge in [0.2, 0.25) is 0 Å². The van der Waals surface area contributed by atoms with Gasteiger partial charge in [0.1, 0.15) is 11.6 Å². The summed E-state index contributed by atoms with van der Waals surface area (Å²) >= 11 is 0. The summed E-state index contributed by atoms with van der Waals surface area (Å²) < 4.78 is 12.7. The molecule has 1 fully saturated rings. The van der Waals surface area contributed by atoms with Gasteiger partial charge in [-0.2, -0.15) is 5.26 Å². The first-order valence-electron chi connectivity index (χ1n) is 5.06. The lowest BCUT2D eigenvalue weighted by Gasteiger charge is -2.21. The van der Waals surface area contributed by atoms with Crippen LogP contribution in [0.15, 0.2) is 18.3 Å². The summed E-state index contributed by atoms with van der Waals surface area (Å²) in [5, 5.41) is 8.55. The van der Waals surface area contributed by atoms with Gasteiger partial charge in [-0.1, -0.05) is 0 Å². The predicted octanol–water partition coefficient (Wildman–Crippen LogP) is 2.10. The minimum Gasteiger partial charge on any atom is -0.353 e. The van der Waals surface area contributed by atoms with Crippen molar-refractivity contribution < 1.29 is 4.39 Å². The minimum absolute atomic E-state index is 0.324. The second-order valence-corrected chi connectivity index (χ2v) is 3.67. The molecular formula is C11H12FN3. The van der Waals surface area contributed by atoms with Crippen molar-refractivity contribution in [3.8, 4) is 6.07 Å². The molecule has 0 aliphatic heterocycles. The highest BCUT2D eigenvalue weighted by Crippen LogP contribution is 2.30. The molecule has 78 valence electrons. The number of hydrogen-bond donors (Lipinski definition) is 0. The van der Waals surface area contributed by atoms with Gasteiger partial charge in [0.25, 0.3) is 0 Å². The highest BCUT2D eigenvalue weighted by atomic mass is 19.1. The molecule has 0 radical (unpaired) electrons. The number of halogens is 1. The van der Waals surface area contributed by atoms with Crippen LogP contribution in [-0.4, -0.2) is 17.6 Å². The van der Waals surface area contributed by atoms with Crippen LogP contribution in [0.5, 0.6) is 0 Å². The van der Waals surface area contributed by atoms with E-state index >= 15 is 0 Å². The molecule has 0 saturated heterocycles. The van der Waals surface area contributed by atoms with Crippen LogP contribution in [0.4, 0.5) is 10.2 Å². The maximum absolute atomic E-state index is 12.7. The highest BCUT2D eigenvalue weighted by Gasteiger charge is 2.29. The number of pyridine rings is 1. The molecule has 0 atom stereocenters. The molecule has 15 heavy (non-hydrogen) atoms. The SMILES string of the molecule is N#CCCN(c1ccc(F)cn1)C1CC1. The van der Waals surface area contributed by atoms with E-state index in [1.165, 1.54) is 12.3 Å². The minimum atomic E-state index is -0.324. The molecule has 0 amide bonds. The third-order valence-corrected chi connectivity index (χ3v) is 2.46. The van der Waals surface area contributed by atoms with Gasteiger partial charge >= 0.3 is 0 Å². The number of anilines is 1. The fraction of sp³-hybridized carbons (Fsp3) is 0.455. The lowest BCUT2D eigenvalue weighted by Crippen LogP contribution is -2.27. The molecule has 1 aromatic rings. The summed E-state index contributed by atoms with van der Waals surface area (Å²) in [7, 11) is 0. The van der Waals surface area contributed by atoms with Crippen molar-refractivity contribution in [2.75, 3.05) is 11.4 Å². The zero-order chi connectivity index (χ0) is 10.7. The smallest absolute Gasteiger partial charge is 0.141 e. The Kier molecular flexibility index (Phi) is 2.82. The summed E-state index contributed by atoms with van der Waals surface area (Å²) in [4.78, 5) is 6.12. The molecule has 1 aliphatic rings. The Bertz CT molecular complexity index is 364. The van der Waals surface area contributed by atoms with Gasteiger partial charge in [-0.25, -0.2) is 9.37 Å². The number of nitriles is 1. The van der Waals surface area contributed by atoms with E-state index in [4.69, 9.17) is 5.26 Å². The molecule has 4 heteroatoms. The average Bonchev–Trinajstić information content (AvgIpc) is 3.05. The lowest BCUT2D eigenvalue weighted by atomic mass is 10.3. The lowest BCUT2D eigenvalue weighted by molar-refractivity contribution is 0.620. The van der Waals surface area contributed by atoms with Crippen molar-refractivity contribution in [3.63, 3.8) is 0 Å². The van der Waals surface area contributed by atoms with Gasteiger partial charge in [-0.15, -0.1) is 0 Å². The zero-order valence-electron chi connectivity index (χ0n) is 8.36. The van der Waals surface area contributed by atoms with Crippen molar-refractivity contribution in [1.29, 1.82) is 5.26 Å². The molecule has 1 heterocycles. The van der Waals surface area contributed by atoms with Crippen LogP contribution in [0.1, 0.15) is 19.3 Å². The predicted molar refractivity (Wildman–Crippen MR) is 54.8 cm³/mol. The zero-order valence-corrected chi connectivity index (χ0v) is 8.36. The van der Waals surface area contributed by atoms with E-state index in [2.05, 4.69) is 16.0 Å². The van der Waals surface area contributed by atoms with Gasteiger partial charge in [0.15, 0.2) is 0 Å². The maximum atomic E-state index is 12.7. The van der Waals surface area contributed by atoms with E-state index < -0.39 is 0 Å². The van der Waals surface area contributed by atoms with Crippen LogP contribution in [0.3, 0.4) is 0 Å². The average molecular weight is 205 g/mol. The topological polar surface area (TPSA) is 39.9 Å². The molecule has 1 aliphatic carbocycles. The Morgan fingerprint density at radius 3 is 2.87 bits per heavy atom. The molecule has 0 bridgehead atoms. The Morgan fingerprint density at radius 1 is 1.53 bits per heavy atom. The van der Waals surface area contributed by atoms with Crippen LogP contribution in [0.25, 0.3) is 0 Å². The summed E-state index contributed by atoms with van der Waals surface area (Å²) in [6, 6.07) is 5.69. The van der Waals surface area contributed by atoms with Crippen molar-refractivity contribution in [3.05, 3.63) is 24.1 Å². The maximum Gasteiger partial charge on any atom is 0.141 e. The van der Waals surface area contributed by atoms with Gasteiger partial charge in [0, 0.05) is 12.6 Å². The fourth-order valence-corrected chi connectivity index (χ4v) is 1.58.